The van der Waals surface area contributed by atoms with E-state index in [9.17, 15) is 4.79 Å². The lowest BCUT2D eigenvalue weighted by molar-refractivity contribution is 0.0432. The monoisotopic (exact) mass is 439 g/mol. The highest BCUT2D eigenvalue weighted by molar-refractivity contribution is 7.11. The van der Waals surface area contributed by atoms with E-state index in [4.69, 9.17) is 4.74 Å². The Bertz CT molecular complexity index is 875. The van der Waals surface area contributed by atoms with Crippen LogP contribution in [0.4, 0.5) is 0 Å². The molecule has 0 saturated carbocycles. The van der Waals surface area contributed by atoms with Crippen LogP contribution in [0.5, 0.6) is 0 Å². The smallest absolute Gasteiger partial charge is 0.265 e. The minimum absolute atomic E-state index is 0.143. The number of amides is 1. The largest absolute Gasteiger partial charge is 0.376 e. The number of aromatic nitrogens is 1. The molecule has 1 atom stereocenters. The first-order valence-corrected chi connectivity index (χ1v) is 12.7. The standard InChI is InChI=1S/C25H33N3O2S/c1-18-24(31-17-26-18)25(29)28(16-23-7-4-12-30-23)15-19-8-10-27(11-9-19)22-13-20-5-2-3-6-21(20)14-22/h2-3,5-6,17,19,22-23H,4,7-16H2,1H3/t23-/m0/s1. The van der Waals surface area contributed by atoms with Crippen molar-refractivity contribution in [3.8, 4) is 0 Å². The van der Waals surface area contributed by atoms with Gasteiger partial charge >= 0.3 is 0 Å². The molecule has 2 aromatic rings. The second-order valence-corrected chi connectivity index (χ2v) is 10.3. The van der Waals surface area contributed by atoms with Gasteiger partial charge in [0.05, 0.1) is 17.3 Å². The van der Waals surface area contributed by atoms with E-state index >= 15 is 0 Å². The summed E-state index contributed by atoms with van der Waals surface area (Å²) in [5.74, 6) is 0.711. The summed E-state index contributed by atoms with van der Waals surface area (Å²) in [6.45, 7) is 6.61. The third-order valence-corrected chi connectivity index (χ3v) is 8.27. The minimum atomic E-state index is 0.143. The summed E-state index contributed by atoms with van der Waals surface area (Å²) in [7, 11) is 0. The minimum Gasteiger partial charge on any atom is -0.376 e. The van der Waals surface area contributed by atoms with Gasteiger partial charge in [0, 0.05) is 25.7 Å². The van der Waals surface area contributed by atoms with Gasteiger partial charge in [-0.1, -0.05) is 24.3 Å². The maximum Gasteiger partial charge on any atom is 0.265 e. The Morgan fingerprint density at radius 1 is 1.16 bits per heavy atom. The molecule has 2 saturated heterocycles. The van der Waals surface area contributed by atoms with Gasteiger partial charge in [-0.3, -0.25) is 9.69 Å². The van der Waals surface area contributed by atoms with Crippen LogP contribution in [0, 0.1) is 12.8 Å². The third kappa shape index (κ3) is 4.71. The van der Waals surface area contributed by atoms with Gasteiger partial charge in [-0.15, -0.1) is 11.3 Å². The van der Waals surface area contributed by atoms with Crippen LogP contribution < -0.4 is 0 Å². The zero-order chi connectivity index (χ0) is 21.2. The number of aryl methyl sites for hydroxylation is 1. The van der Waals surface area contributed by atoms with Crippen LogP contribution in [0.3, 0.4) is 0 Å². The fourth-order valence-electron chi connectivity index (χ4n) is 5.53. The maximum absolute atomic E-state index is 13.3. The van der Waals surface area contributed by atoms with E-state index in [0.29, 0.717) is 18.5 Å². The number of piperidine rings is 1. The Kier molecular flexibility index (Phi) is 6.39. The van der Waals surface area contributed by atoms with Crippen LogP contribution in [0.1, 0.15) is 52.2 Å². The molecule has 31 heavy (non-hydrogen) atoms. The van der Waals surface area contributed by atoms with E-state index in [2.05, 4.69) is 39.0 Å². The molecule has 3 aliphatic rings. The highest BCUT2D eigenvalue weighted by Gasteiger charge is 2.32. The van der Waals surface area contributed by atoms with Crippen LogP contribution in [-0.4, -0.2) is 65.6 Å². The van der Waals surface area contributed by atoms with Crippen molar-refractivity contribution in [3.63, 3.8) is 0 Å². The maximum atomic E-state index is 13.3. The molecule has 0 spiro atoms. The second-order valence-electron chi connectivity index (χ2n) is 9.42. The number of likely N-dealkylation sites (tertiary alicyclic amines) is 1. The Labute approximate surface area is 189 Å². The van der Waals surface area contributed by atoms with E-state index in [1.54, 1.807) is 5.51 Å². The summed E-state index contributed by atoms with van der Waals surface area (Å²) in [6, 6.07) is 9.56. The fourth-order valence-corrected chi connectivity index (χ4v) is 6.30. The number of hydrogen-bond donors (Lipinski definition) is 0. The summed E-state index contributed by atoms with van der Waals surface area (Å²) in [4.78, 5) is 23.2. The van der Waals surface area contributed by atoms with Crippen molar-refractivity contribution in [1.29, 1.82) is 0 Å². The first-order valence-electron chi connectivity index (χ1n) is 11.8. The van der Waals surface area contributed by atoms with Crippen molar-refractivity contribution >= 4 is 17.2 Å². The molecular formula is C25H33N3O2S. The SMILES string of the molecule is Cc1ncsc1C(=O)N(CC1CCN(C2Cc3ccccc3C2)CC1)C[C@@H]1CCCO1. The first kappa shape index (κ1) is 21.1. The molecule has 5 nitrogen and oxygen atoms in total. The molecular weight excluding hydrogens is 406 g/mol. The quantitative estimate of drug-likeness (QED) is 0.684. The van der Waals surface area contributed by atoms with E-state index in [0.717, 1.165) is 49.7 Å². The van der Waals surface area contributed by atoms with Crippen molar-refractivity contribution in [1.82, 2.24) is 14.8 Å². The zero-order valence-electron chi connectivity index (χ0n) is 18.5. The predicted molar refractivity (Wildman–Crippen MR) is 124 cm³/mol. The second kappa shape index (κ2) is 9.39. The Hall–Kier alpha value is -1.76. The summed E-state index contributed by atoms with van der Waals surface area (Å²) in [5.41, 5.74) is 5.69. The van der Waals surface area contributed by atoms with Crippen molar-refractivity contribution in [2.75, 3.05) is 32.8 Å². The van der Waals surface area contributed by atoms with E-state index in [1.807, 2.05) is 6.92 Å². The molecule has 3 heterocycles. The topological polar surface area (TPSA) is 45.7 Å². The molecule has 166 valence electrons. The molecule has 1 aliphatic carbocycles. The van der Waals surface area contributed by atoms with E-state index < -0.39 is 0 Å². The lowest BCUT2D eigenvalue weighted by atomic mass is 9.94. The Morgan fingerprint density at radius 2 is 1.90 bits per heavy atom. The molecule has 1 aromatic carbocycles. The van der Waals surface area contributed by atoms with Gasteiger partial charge in [0.2, 0.25) is 0 Å². The van der Waals surface area contributed by atoms with Crippen LogP contribution >= 0.6 is 11.3 Å². The number of ether oxygens (including phenoxy) is 1. The van der Waals surface area contributed by atoms with Crippen molar-refractivity contribution in [2.24, 2.45) is 5.92 Å². The summed E-state index contributed by atoms with van der Waals surface area (Å²) in [5, 5.41) is 0. The van der Waals surface area contributed by atoms with Crippen molar-refractivity contribution in [3.05, 3.63) is 51.5 Å². The molecule has 0 N–H and O–H groups in total. The van der Waals surface area contributed by atoms with Crippen molar-refractivity contribution in [2.45, 2.75) is 57.6 Å². The van der Waals surface area contributed by atoms with E-state index in [1.165, 1.54) is 48.1 Å². The van der Waals surface area contributed by atoms with Gasteiger partial charge in [-0.05, 0) is 75.6 Å². The zero-order valence-corrected chi connectivity index (χ0v) is 19.3. The summed E-state index contributed by atoms with van der Waals surface area (Å²) < 4.78 is 5.87. The number of benzene rings is 1. The summed E-state index contributed by atoms with van der Waals surface area (Å²) in [6.07, 6.45) is 7.08. The molecule has 6 heteroatoms. The molecule has 1 amide bonds. The normalized spacial score (nSPS) is 22.7. The van der Waals surface area contributed by atoms with Crippen LogP contribution in [-0.2, 0) is 17.6 Å². The molecule has 1 aromatic heterocycles. The fraction of sp³-hybridized carbons (Fsp3) is 0.600. The Morgan fingerprint density at radius 3 is 2.52 bits per heavy atom. The van der Waals surface area contributed by atoms with Gasteiger partial charge in [-0.25, -0.2) is 4.98 Å². The lowest BCUT2D eigenvalue weighted by Crippen LogP contribution is -2.46. The van der Waals surface area contributed by atoms with Crippen LogP contribution in [0.2, 0.25) is 0 Å². The number of thiazole rings is 1. The summed E-state index contributed by atoms with van der Waals surface area (Å²) >= 11 is 1.47. The van der Waals surface area contributed by atoms with Crippen LogP contribution in [0.15, 0.2) is 29.8 Å². The Balaban J connectivity index is 1.19. The molecule has 0 bridgehead atoms. The number of rotatable bonds is 6. The lowest BCUT2D eigenvalue weighted by Gasteiger charge is -2.38. The average molecular weight is 440 g/mol. The number of hydrogen-bond acceptors (Lipinski definition) is 5. The molecule has 2 fully saturated rings. The average Bonchev–Trinajstić information content (AvgIpc) is 3.54. The number of carbonyl (C=O) groups is 1. The third-order valence-electron chi connectivity index (χ3n) is 7.35. The van der Waals surface area contributed by atoms with Gasteiger partial charge < -0.3 is 9.64 Å². The first-order chi connectivity index (χ1) is 15.2. The number of fused-ring (bicyclic) bond motifs is 1. The van der Waals surface area contributed by atoms with Gasteiger partial charge in [-0.2, -0.15) is 0 Å². The molecule has 5 rings (SSSR count). The van der Waals surface area contributed by atoms with Gasteiger partial charge in [0.15, 0.2) is 0 Å². The highest BCUT2D eigenvalue weighted by Crippen LogP contribution is 2.29. The molecule has 2 aliphatic heterocycles. The van der Waals surface area contributed by atoms with E-state index in [-0.39, 0.29) is 12.0 Å². The predicted octanol–water partition coefficient (Wildman–Crippen LogP) is 3.95. The molecule has 0 unspecified atom stereocenters. The van der Waals surface area contributed by atoms with Crippen LogP contribution in [0.25, 0.3) is 0 Å². The number of nitrogens with zero attached hydrogens (tertiary/aromatic N) is 3. The van der Waals surface area contributed by atoms with Gasteiger partial charge in [0.1, 0.15) is 4.88 Å². The van der Waals surface area contributed by atoms with Crippen molar-refractivity contribution < 1.29 is 9.53 Å². The van der Waals surface area contributed by atoms with Gasteiger partial charge in [0.25, 0.3) is 5.91 Å². The number of carbonyl (C=O) groups excluding carboxylic acids is 1. The highest BCUT2D eigenvalue weighted by atomic mass is 32.1. The molecule has 0 radical (unpaired) electrons.